The molecule has 3 aromatic carbocycles. The van der Waals surface area contributed by atoms with Crippen molar-refractivity contribution in [1.29, 1.82) is 0 Å². The van der Waals surface area contributed by atoms with Gasteiger partial charge in [-0.15, -0.1) is 6.58 Å². The van der Waals surface area contributed by atoms with Gasteiger partial charge >= 0.3 is 0 Å². The molecule has 0 bridgehead atoms. The molecule has 0 spiro atoms. The molecule has 0 radical (unpaired) electrons. The van der Waals surface area contributed by atoms with E-state index in [-0.39, 0.29) is 12.4 Å². The van der Waals surface area contributed by atoms with Crippen LogP contribution >= 0.6 is 0 Å². The van der Waals surface area contributed by atoms with Gasteiger partial charge < -0.3 is 14.8 Å². The van der Waals surface area contributed by atoms with Crippen molar-refractivity contribution in [3.63, 3.8) is 0 Å². The molecular formula is C26H28FNO2. The van der Waals surface area contributed by atoms with E-state index < -0.39 is 0 Å². The van der Waals surface area contributed by atoms with Crippen molar-refractivity contribution in [1.82, 2.24) is 0 Å². The summed E-state index contributed by atoms with van der Waals surface area (Å²) in [5.74, 6) is 1.10. The van der Waals surface area contributed by atoms with Crippen molar-refractivity contribution in [2.45, 2.75) is 33.4 Å². The minimum Gasteiger partial charge on any atom is -0.490 e. The van der Waals surface area contributed by atoms with Crippen LogP contribution in [-0.2, 0) is 19.6 Å². The Bertz CT molecular complexity index is 1000. The minimum atomic E-state index is -0.273. The van der Waals surface area contributed by atoms with Crippen LogP contribution in [-0.4, -0.2) is 6.61 Å². The van der Waals surface area contributed by atoms with E-state index in [9.17, 15) is 4.39 Å². The molecule has 0 unspecified atom stereocenters. The number of anilines is 1. The molecule has 0 aliphatic heterocycles. The van der Waals surface area contributed by atoms with Crippen LogP contribution in [0.5, 0.6) is 11.5 Å². The largest absolute Gasteiger partial charge is 0.490 e. The number of ether oxygens (including phenoxy) is 2. The highest BCUT2D eigenvalue weighted by molar-refractivity contribution is 5.52. The zero-order chi connectivity index (χ0) is 21.3. The van der Waals surface area contributed by atoms with Crippen LogP contribution in [0.25, 0.3) is 0 Å². The lowest BCUT2D eigenvalue weighted by Crippen LogP contribution is -2.06. The molecule has 3 rings (SSSR count). The van der Waals surface area contributed by atoms with E-state index in [0.717, 1.165) is 22.4 Å². The average molecular weight is 406 g/mol. The van der Waals surface area contributed by atoms with E-state index in [1.54, 1.807) is 6.07 Å². The highest BCUT2D eigenvalue weighted by Crippen LogP contribution is 2.35. The second-order valence-corrected chi connectivity index (χ2v) is 7.15. The van der Waals surface area contributed by atoms with Crippen LogP contribution < -0.4 is 14.8 Å². The third kappa shape index (κ3) is 5.86. The van der Waals surface area contributed by atoms with E-state index in [1.807, 2.05) is 31.2 Å². The van der Waals surface area contributed by atoms with Crippen molar-refractivity contribution in [2.75, 3.05) is 11.9 Å². The molecule has 3 nitrogen and oxygen atoms in total. The van der Waals surface area contributed by atoms with Gasteiger partial charge in [-0.2, -0.15) is 0 Å². The predicted octanol–water partition coefficient (Wildman–Crippen LogP) is 6.45. The van der Waals surface area contributed by atoms with Crippen LogP contribution in [0.15, 0.2) is 73.3 Å². The molecule has 156 valence electrons. The van der Waals surface area contributed by atoms with Gasteiger partial charge in [-0.05, 0) is 73.4 Å². The van der Waals surface area contributed by atoms with Crippen LogP contribution in [0, 0.1) is 12.7 Å². The molecule has 0 atom stereocenters. The quantitative estimate of drug-likeness (QED) is 0.393. The Balaban J connectivity index is 1.84. The van der Waals surface area contributed by atoms with Gasteiger partial charge in [-0.3, -0.25) is 0 Å². The van der Waals surface area contributed by atoms with Crippen LogP contribution in [0.1, 0.15) is 29.2 Å². The first-order chi connectivity index (χ1) is 14.6. The van der Waals surface area contributed by atoms with E-state index in [0.29, 0.717) is 31.1 Å². The first-order valence-corrected chi connectivity index (χ1v) is 10.2. The fraction of sp³-hybridized carbons (Fsp3) is 0.231. The van der Waals surface area contributed by atoms with Crippen molar-refractivity contribution in [3.05, 3.63) is 101 Å². The minimum absolute atomic E-state index is 0.267. The number of aryl methyl sites for hydroxylation is 1. The van der Waals surface area contributed by atoms with Gasteiger partial charge in [0.1, 0.15) is 12.4 Å². The van der Waals surface area contributed by atoms with Crippen molar-refractivity contribution in [3.8, 4) is 11.5 Å². The predicted molar refractivity (Wildman–Crippen MR) is 121 cm³/mol. The number of nitrogens with one attached hydrogen (secondary N) is 1. The number of halogens is 1. The van der Waals surface area contributed by atoms with Gasteiger partial charge in [-0.1, -0.05) is 30.3 Å². The molecule has 0 aliphatic rings. The Labute approximate surface area is 178 Å². The molecule has 0 fully saturated rings. The molecule has 0 aliphatic carbocycles. The number of hydrogen-bond donors (Lipinski definition) is 1. The van der Waals surface area contributed by atoms with E-state index >= 15 is 0 Å². The van der Waals surface area contributed by atoms with Gasteiger partial charge in [0.05, 0.1) is 6.61 Å². The number of allylic oxidation sites excluding steroid dienone is 1. The van der Waals surface area contributed by atoms with Gasteiger partial charge in [0.15, 0.2) is 11.5 Å². The van der Waals surface area contributed by atoms with Crippen molar-refractivity contribution >= 4 is 5.69 Å². The maximum atomic E-state index is 13.5. The molecule has 30 heavy (non-hydrogen) atoms. The Morgan fingerprint density at radius 3 is 2.57 bits per heavy atom. The summed E-state index contributed by atoms with van der Waals surface area (Å²) >= 11 is 0. The van der Waals surface area contributed by atoms with Crippen LogP contribution in [0.3, 0.4) is 0 Å². The average Bonchev–Trinajstić information content (AvgIpc) is 2.72. The molecular weight excluding hydrogens is 377 g/mol. The summed E-state index contributed by atoms with van der Waals surface area (Å²) in [4.78, 5) is 0. The topological polar surface area (TPSA) is 30.5 Å². The molecule has 1 N–H and O–H groups in total. The van der Waals surface area contributed by atoms with Gasteiger partial charge in [0.2, 0.25) is 0 Å². The van der Waals surface area contributed by atoms with Gasteiger partial charge in [0.25, 0.3) is 0 Å². The third-order valence-corrected chi connectivity index (χ3v) is 4.64. The van der Waals surface area contributed by atoms with E-state index in [4.69, 9.17) is 9.47 Å². The SMILES string of the molecule is C=CCc1cc(CNc2cccc(C)c2)cc(OCC)c1OCc1cccc(F)c1. The van der Waals surface area contributed by atoms with Gasteiger partial charge in [-0.25, -0.2) is 4.39 Å². The molecule has 3 aromatic rings. The summed E-state index contributed by atoms with van der Waals surface area (Å²) in [7, 11) is 0. The maximum absolute atomic E-state index is 13.5. The standard InChI is InChI=1S/C26H28FNO2/c1-4-8-22-14-21(17-28-24-12-6-9-19(3)13-24)16-25(29-5-2)26(22)30-18-20-10-7-11-23(27)15-20/h4,6-7,9-16,28H,1,5,8,17-18H2,2-3H3. The van der Waals surface area contributed by atoms with Crippen LogP contribution in [0.2, 0.25) is 0 Å². The summed E-state index contributed by atoms with van der Waals surface area (Å²) < 4.78 is 25.5. The zero-order valence-corrected chi connectivity index (χ0v) is 17.6. The molecule has 0 heterocycles. The first-order valence-electron chi connectivity index (χ1n) is 10.2. The summed E-state index contributed by atoms with van der Waals surface area (Å²) in [5.41, 5.74) is 5.14. The summed E-state index contributed by atoms with van der Waals surface area (Å²) in [5, 5.41) is 3.46. The van der Waals surface area contributed by atoms with Gasteiger partial charge in [0, 0.05) is 17.8 Å². The monoisotopic (exact) mass is 405 g/mol. The summed E-state index contributed by atoms with van der Waals surface area (Å²) in [6.45, 7) is 9.35. The van der Waals surface area contributed by atoms with E-state index in [1.165, 1.54) is 17.7 Å². The van der Waals surface area contributed by atoms with Crippen molar-refractivity contribution in [2.24, 2.45) is 0 Å². The lowest BCUT2D eigenvalue weighted by molar-refractivity contribution is 0.266. The lowest BCUT2D eigenvalue weighted by atomic mass is 10.0. The number of hydrogen-bond acceptors (Lipinski definition) is 3. The Morgan fingerprint density at radius 2 is 1.83 bits per heavy atom. The number of rotatable bonds is 10. The Morgan fingerprint density at radius 1 is 1.00 bits per heavy atom. The summed E-state index contributed by atoms with van der Waals surface area (Å²) in [6.07, 6.45) is 2.49. The molecule has 0 saturated carbocycles. The smallest absolute Gasteiger partial charge is 0.165 e. The number of benzene rings is 3. The highest BCUT2D eigenvalue weighted by Gasteiger charge is 2.14. The first kappa shape index (κ1) is 21.4. The molecule has 0 saturated heterocycles. The zero-order valence-electron chi connectivity index (χ0n) is 17.6. The normalized spacial score (nSPS) is 10.5. The fourth-order valence-corrected chi connectivity index (χ4v) is 3.30. The fourth-order valence-electron chi connectivity index (χ4n) is 3.30. The maximum Gasteiger partial charge on any atom is 0.165 e. The molecule has 0 amide bonds. The molecule has 0 aromatic heterocycles. The Hall–Kier alpha value is -3.27. The van der Waals surface area contributed by atoms with Crippen LogP contribution in [0.4, 0.5) is 10.1 Å². The Kier molecular flexibility index (Phi) is 7.50. The highest BCUT2D eigenvalue weighted by atomic mass is 19.1. The third-order valence-electron chi connectivity index (χ3n) is 4.64. The van der Waals surface area contributed by atoms with Crippen molar-refractivity contribution < 1.29 is 13.9 Å². The second kappa shape index (κ2) is 10.5. The summed E-state index contributed by atoms with van der Waals surface area (Å²) in [6, 6.07) is 18.8. The molecule has 4 heteroatoms. The lowest BCUT2D eigenvalue weighted by Gasteiger charge is -2.18. The van der Waals surface area contributed by atoms with E-state index in [2.05, 4.69) is 43.1 Å². The second-order valence-electron chi connectivity index (χ2n) is 7.15.